The van der Waals surface area contributed by atoms with Crippen molar-refractivity contribution < 1.29 is 9.18 Å². The molecule has 0 aliphatic heterocycles. The second kappa shape index (κ2) is 10.7. The molecular weight excluding hydrogens is 529 g/mol. The Hall–Kier alpha value is -3.22. The Balaban J connectivity index is 1.51. The van der Waals surface area contributed by atoms with Crippen LogP contribution in [0.2, 0.25) is 5.02 Å². The van der Waals surface area contributed by atoms with E-state index >= 15 is 0 Å². The molecule has 2 aromatic heterocycles. The van der Waals surface area contributed by atoms with Crippen LogP contribution in [0.5, 0.6) is 0 Å². The number of hydrogen-bond acceptors (Lipinski definition) is 3. The summed E-state index contributed by atoms with van der Waals surface area (Å²) in [7, 11) is 0. The molecule has 0 saturated carbocycles. The monoisotopic (exact) mass is 561 g/mol. The second-order valence-corrected chi connectivity index (χ2v) is 12.9. The minimum absolute atomic E-state index is 0.145. The number of amides is 1. The summed E-state index contributed by atoms with van der Waals surface area (Å²) in [6.07, 6.45) is 4.72. The summed E-state index contributed by atoms with van der Waals surface area (Å²) in [4.78, 5) is 19.8. The molecule has 202 valence electrons. The zero-order valence-electron chi connectivity index (χ0n) is 22.9. The zero-order chi connectivity index (χ0) is 27.9. The van der Waals surface area contributed by atoms with Gasteiger partial charge < -0.3 is 9.88 Å². The molecule has 1 atom stereocenters. The lowest BCUT2D eigenvalue weighted by molar-refractivity contribution is 0.102. The van der Waals surface area contributed by atoms with E-state index in [1.165, 1.54) is 17.0 Å². The highest BCUT2D eigenvalue weighted by Gasteiger charge is 2.33. The van der Waals surface area contributed by atoms with E-state index in [0.717, 1.165) is 52.5 Å². The van der Waals surface area contributed by atoms with Gasteiger partial charge in [0.25, 0.3) is 5.91 Å². The summed E-state index contributed by atoms with van der Waals surface area (Å²) >= 11 is 7.67. The molecule has 4 aromatic rings. The number of carbonyl (C=O) groups excluding carboxylic acids is 1. The number of nitrogens with one attached hydrogen (secondary N) is 1. The van der Waals surface area contributed by atoms with Gasteiger partial charge in [0.15, 0.2) is 0 Å². The fraction of sp³-hybridized carbons (Fsp3) is 0.312. The van der Waals surface area contributed by atoms with E-state index in [2.05, 4.69) is 36.7 Å². The molecule has 7 heteroatoms. The Kier molecular flexibility index (Phi) is 7.53. The highest BCUT2D eigenvalue weighted by molar-refractivity contribution is 7.16. The van der Waals surface area contributed by atoms with E-state index in [1.54, 1.807) is 35.6 Å². The van der Waals surface area contributed by atoms with Gasteiger partial charge in [-0.2, -0.15) is 0 Å². The maximum absolute atomic E-state index is 13.6. The smallest absolute Gasteiger partial charge is 0.259 e. The highest BCUT2D eigenvalue weighted by atomic mass is 35.5. The van der Waals surface area contributed by atoms with Crippen molar-refractivity contribution in [1.82, 2.24) is 4.57 Å². The van der Waals surface area contributed by atoms with Gasteiger partial charge in [0, 0.05) is 44.4 Å². The quantitative estimate of drug-likeness (QED) is 0.243. The third kappa shape index (κ3) is 5.73. The van der Waals surface area contributed by atoms with Crippen molar-refractivity contribution in [1.29, 1.82) is 0 Å². The van der Waals surface area contributed by atoms with Gasteiger partial charge in [0.2, 0.25) is 0 Å². The van der Waals surface area contributed by atoms with Crippen LogP contribution in [0, 0.1) is 31.0 Å². The minimum atomic E-state index is -0.261. The molecule has 2 heterocycles. The molecule has 0 unspecified atom stereocenters. The topological polar surface area (TPSA) is 46.4 Å². The molecule has 0 bridgehead atoms. The first-order valence-corrected chi connectivity index (χ1v) is 14.4. The van der Waals surface area contributed by atoms with Crippen LogP contribution in [0.4, 0.5) is 15.1 Å². The number of halogens is 2. The fourth-order valence-corrected chi connectivity index (χ4v) is 6.79. The normalized spacial score (nSPS) is 15.5. The van der Waals surface area contributed by atoms with Crippen molar-refractivity contribution in [2.24, 2.45) is 16.3 Å². The Morgan fingerprint density at radius 1 is 1.13 bits per heavy atom. The Morgan fingerprint density at radius 2 is 1.82 bits per heavy atom. The van der Waals surface area contributed by atoms with Crippen LogP contribution >= 0.6 is 22.9 Å². The molecule has 0 spiro atoms. The number of carbonyl (C=O) groups is 1. The van der Waals surface area contributed by atoms with E-state index < -0.39 is 0 Å². The van der Waals surface area contributed by atoms with Crippen LogP contribution in [0.25, 0.3) is 5.69 Å². The number of hydrogen-bond donors (Lipinski definition) is 1. The van der Waals surface area contributed by atoms with Crippen LogP contribution in [-0.2, 0) is 12.8 Å². The van der Waals surface area contributed by atoms with Gasteiger partial charge in [-0.3, -0.25) is 4.79 Å². The van der Waals surface area contributed by atoms with E-state index in [0.29, 0.717) is 22.2 Å². The first-order chi connectivity index (χ1) is 18.5. The average molecular weight is 562 g/mol. The molecule has 1 aliphatic rings. The van der Waals surface area contributed by atoms with Crippen LogP contribution in [0.15, 0.2) is 59.6 Å². The number of thiophene rings is 1. The Labute approximate surface area is 238 Å². The Morgan fingerprint density at radius 3 is 2.49 bits per heavy atom. The first kappa shape index (κ1) is 27.4. The number of nitrogens with zero attached hydrogens (tertiary/aromatic N) is 2. The average Bonchev–Trinajstić information content (AvgIpc) is 3.39. The van der Waals surface area contributed by atoms with Crippen LogP contribution < -0.4 is 5.32 Å². The third-order valence-electron chi connectivity index (χ3n) is 7.68. The van der Waals surface area contributed by atoms with E-state index in [-0.39, 0.29) is 17.1 Å². The molecule has 0 fully saturated rings. The summed E-state index contributed by atoms with van der Waals surface area (Å²) < 4.78 is 15.6. The largest absolute Gasteiger partial charge is 0.322 e. The molecule has 1 amide bonds. The number of aromatic nitrogens is 1. The lowest BCUT2D eigenvalue weighted by Crippen LogP contribution is -2.27. The predicted octanol–water partition coefficient (Wildman–Crippen LogP) is 9.10. The van der Waals surface area contributed by atoms with Crippen LogP contribution in [0.3, 0.4) is 0 Å². The molecule has 1 N–H and O–H groups in total. The van der Waals surface area contributed by atoms with Crippen molar-refractivity contribution >= 4 is 45.7 Å². The van der Waals surface area contributed by atoms with Gasteiger partial charge in [0.05, 0.1) is 5.56 Å². The lowest BCUT2D eigenvalue weighted by atomic mass is 9.72. The summed E-state index contributed by atoms with van der Waals surface area (Å²) in [5.74, 6) is 0.151. The summed E-state index contributed by atoms with van der Waals surface area (Å²) in [5.41, 5.74) is 6.58. The maximum atomic E-state index is 13.6. The van der Waals surface area contributed by atoms with Gasteiger partial charge in [-0.05, 0) is 105 Å². The number of aryl methyl sites for hydroxylation is 1. The highest BCUT2D eigenvalue weighted by Crippen LogP contribution is 2.45. The van der Waals surface area contributed by atoms with Crippen molar-refractivity contribution in [3.05, 3.63) is 98.4 Å². The van der Waals surface area contributed by atoms with Crippen LogP contribution in [0.1, 0.15) is 64.9 Å². The standard InChI is InChI=1S/C32H33ClFN3OS/c1-19-16-21(20(2)37(19)26-13-9-24(34)10-14-26)18-35-31-29(30(38)36-25-11-7-23(33)8-12-25)27-15-6-22(32(3,4)5)17-28(27)39-31/h7-14,16,18,22H,6,15,17H2,1-5H3,(H,36,38)/t22-/m0/s1. The van der Waals surface area contributed by atoms with Gasteiger partial charge in [-0.15, -0.1) is 11.3 Å². The molecule has 4 nitrogen and oxygen atoms in total. The number of anilines is 1. The van der Waals surface area contributed by atoms with Gasteiger partial charge in [0.1, 0.15) is 10.8 Å². The van der Waals surface area contributed by atoms with Crippen LogP contribution in [-0.4, -0.2) is 16.7 Å². The van der Waals surface area contributed by atoms with Crippen molar-refractivity contribution in [2.45, 2.75) is 53.9 Å². The van der Waals surface area contributed by atoms with Crippen molar-refractivity contribution in [3.8, 4) is 5.69 Å². The molecule has 39 heavy (non-hydrogen) atoms. The number of fused-ring (bicyclic) bond motifs is 1. The zero-order valence-corrected chi connectivity index (χ0v) is 24.5. The number of rotatable bonds is 5. The minimum Gasteiger partial charge on any atom is -0.322 e. The summed E-state index contributed by atoms with van der Waals surface area (Å²) in [5, 5.41) is 4.40. The third-order valence-corrected chi connectivity index (χ3v) is 9.09. The molecule has 2 aromatic carbocycles. The molecule has 0 saturated heterocycles. The lowest BCUT2D eigenvalue weighted by Gasteiger charge is -2.33. The SMILES string of the molecule is Cc1cc(C=Nc2sc3c(c2C(=O)Nc2ccc(Cl)cc2)CC[C@H](C(C)(C)C)C3)c(C)n1-c1ccc(F)cc1. The van der Waals surface area contributed by atoms with Crippen molar-refractivity contribution in [2.75, 3.05) is 5.32 Å². The second-order valence-electron chi connectivity index (χ2n) is 11.3. The fourth-order valence-electron chi connectivity index (χ4n) is 5.40. The van der Waals surface area contributed by atoms with Gasteiger partial charge in [-0.1, -0.05) is 32.4 Å². The number of aliphatic imine (C=N–C) groups is 1. The molecule has 0 radical (unpaired) electrons. The van der Waals surface area contributed by atoms with Gasteiger partial charge >= 0.3 is 0 Å². The van der Waals surface area contributed by atoms with E-state index in [9.17, 15) is 9.18 Å². The summed E-state index contributed by atoms with van der Waals surface area (Å²) in [6, 6.07) is 15.7. The van der Waals surface area contributed by atoms with E-state index in [4.69, 9.17) is 16.6 Å². The predicted molar refractivity (Wildman–Crippen MR) is 161 cm³/mol. The molecule has 1 aliphatic carbocycles. The van der Waals surface area contributed by atoms with E-state index in [1.807, 2.05) is 32.2 Å². The molecule has 5 rings (SSSR count). The summed E-state index contributed by atoms with van der Waals surface area (Å²) in [6.45, 7) is 10.9. The number of benzene rings is 2. The first-order valence-electron chi connectivity index (χ1n) is 13.2. The molecular formula is C32H33ClFN3OS. The van der Waals surface area contributed by atoms with Gasteiger partial charge in [-0.25, -0.2) is 9.38 Å². The Bertz CT molecular complexity index is 1540. The maximum Gasteiger partial charge on any atom is 0.259 e. The van der Waals surface area contributed by atoms with Crippen molar-refractivity contribution in [3.63, 3.8) is 0 Å².